The molecule has 2 heterocycles. The van der Waals surface area contributed by atoms with Crippen LogP contribution in [0.1, 0.15) is 57.0 Å². The molecule has 12 heteroatoms. The smallest absolute Gasteiger partial charge is 0.313 e. The molecule has 41 heavy (non-hydrogen) atoms. The van der Waals surface area contributed by atoms with Gasteiger partial charge >= 0.3 is 5.97 Å². The molecule has 0 saturated carbocycles. The number of rotatable bonds is 10. The third kappa shape index (κ3) is 6.45. The molecular formula is C29H37IN4O6S. The highest BCUT2D eigenvalue weighted by Gasteiger charge is 2.51. The minimum atomic E-state index is -3.85. The van der Waals surface area contributed by atoms with Gasteiger partial charge in [-0.05, 0) is 85.0 Å². The average Bonchev–Trinajstić information content (AvgIpc) is 3.30. The Morgan fingerprint density at radius 3 is 2.63 bits per heavy atom. The topological polar surface area (TPSA) is 124 Å². The van der Waals surface area contributed by atoms with Crippen LogP contribution >= 0.6 is 22.6 Å². The van der Waals surface area contributed by atoms with Gasteiger partial charge in [-0.3, -0.25) is 9.48 Å². The molecule has 0 saturated heterocycles. The summed E-state index contributed by atoms with van der Waals surface area (Å²) in [6.45, 7) is 12.2. The first kappa shape index (κ1) is 31.4. The van der Waals surface area contributed by atoms with Crippen molar-refractivity contribution in [3.8, 4) is 5.75 Å². The number of fused-ring (bicyclic) bond motifs is 1. The van der Waals surface area contributed by atoms with Crippen LogP contribution in [0.3, 0.4) is 0 Å². The molecule has 0 radical (unpaired) electrons. The highest BCUT2D eigenvalue weighted by molar-refractivity contribution is 14.1. The predicted molar refractivity (Wildman–Crippen MR) is 162 cm³/mol. The molecule has 0 spiro atoms. The lowest BCUT2D eigenvalue weighted by Crippen LogP contribution is -2.45. The first-order valence-corrected chi connectivity index (χ1v) is 16.0. The highest BCUT2D eigenvalue weighted by atomic mass is 127. The number of aryl methyl sites for hydroxylation is 1. The number of aromatic nitrogens is 3. The molecule has 1 N–H and O–H groups in total. The Bertz CT molecular complexity index is 1520. The molecule has 3 aromatic rings. The van der Waals surface area contributed by atoms with Crippen molar-refractivity contribution in [2.24, 2.45) is 11.3 Å². The summed E-state index contributed by atoms with van der Waals surface area (Å²) in [4.78, 5) is 12.6. The van der Waals surface area contributed by atoms with Gasteiger partial charge < -0.3 is 14.6 Å². The number of ether oxygens (including phenoxy) is 2. The van der Waals surface area contributed by atoms with Gasteiger partial charge in [0, 0.05) is 13.1 Å². The number of aliphatic carboxylic acids is 1. The zero-order valence-corrected chi connectivity index (χ0v) is 27.1. The van der Waals surface area contributed by atoms with Gasteiger partial charge in [0.15, 0.2) is 3.61 Å². The number of carboxylic acids is 1. The fourth-order valence-corrected chi connectivity index (χ4v) is 7.06. The van der Waals surface area contributed by atoms with Crippen molar-refractivity contribution < 1.29 is 27.8 Å². The number of sulfonamides is 1. The number of para-hydroxylation sites is 1. The van der Waals surface area contributed by atoms with Crippen LogP contribution in [0.2, 0.25) is 0 Å². The van der Waals surface area contributed by atoms with Gasteiger partial charge in [0.25, 0.3) is 0 Å². The molecule has 2 aromatic carbocycles. The molecule has 2 atom stereocenters. The summed E-state index contributed by atoms with van der Waals surface area (Å²) < 4.78 is 41.5. The lowest BCUT2D eigenvalue weighted by atomic mass is 9.81. The van der Waals surface area contributed by atoms with Gasteiger partial charge in [-0.15, -0.1) is 5.10 Å². The van der Waals surface area contributed by atoms with E-state index in [0.29, 0.717) is 29.5 Å². The lowest BCUT2D eigenvalue weighted by molar-refractivity contribution is -0.160. The fraction of sp³-hybridized carbons (Fsp3) is 0.483. The fourth-order valence-electron chi connectivity index (χ4n) is 4.72. The second-order valence-electron chi connectivity index (χ2n) is 11.5. The van der Waals surface area contributed by atoms with E-state index in [1.54, 1.807) is 49.0 Å². The zero-order chi connectivity index (χ0) is 30.2. The predicted octanol–water partition coefficient (Wildman–Crippen LogP) is 5.13. The third-order valence-electron chi connectivity index (χ3n) is 7.22. The van der Waals surface area contributed by atoms with E-state index in [4.69, 9.17) is 9.47 Å². The molecular weight excluding hydrogens is 659 g/mol. The van der Waals surface area contributed by atoms with Crippen molar-refractivity contribution in [2.45, 2.75) is 75.8 Å². The van der Waals surface area contributed by atoms with Crippen molar-refractivity contribution in [3.05, 3.63) is 71.0 Å². The summed E-state index contributed by atoms with van der Waals surface area (Å²) in [5.74, 6) is -0.307. The second kappa shape index (κ2) is 12.0. The molecule has 222 valence electrons. The van der Waals surface area contributed by atoms with Crippen molar-refractivity contribution in [1.82, 2.24) is 19.3 Å². The number of hydrogen-bond donors (Lipinski definition) is 1. The van der Waals surface area contributed by atoms with Crippen LogP contribution in [-0.2, 0) is 42.9 Å². The van der Waals surface area contributed by atoms with Gasteiger partial charge in [0.2, 0.25) is 10.0 Å². The molecule has 0 bridgehead atoms. The summed E-state index contributed by atoms with van der Waals surface area (Å²) in [6.07, 6.45) is 1.44. The van der Waals surface area contributed by atoms with Crippen LogP contribution in [0.25, 0.3) is 0 Å². The first-order valence-electron chi connectivity index (χ1n) is 13.5. The van der Waals surface area contributed by atoms with Crippen molar-refractivity contribution >= 4 is 38.6 Å². The van der Waals surface area contributed by atoms with E-state index >= 15 is 0 Å². The molecule has 1 aliphatic heterocycles. The van der Waals surface area contributed by atoms with Gasteiger partial charge in [0.05, 0.1) is 19.3 Å². The van der Waals surface area contributed by atoms with E-state index in [-0.39, 0.29) is 30.7 Å². The highest BCUT2D eigenvalue weighted by Crippen LogP contribution is 2.50. The zero-order valence-electron chi connectivity index (χ0n) is 24.2. The Morgan fingerprint density at radius 2 is 1.95 bits per heavy atom. The number of carboxylic acid groups (broad SMARTS) is 1. The van der Waals surface area contributed by atoms with Crippen LogP contribution in [0.5, 0.6) is 5.75 Å². The maximum absolute atomic E-state index is 13.7. The number of nitrogens with zero attached hydrogens (tertiary/aromatic N) is 4. The molecule has 0 amide bonds. The van der Waals surface area contributed by atoms with Crippen molar-refractivity contribution in [3.63, 3.8) is 0 Å². The molecule has 1 aliphatic rings. The van der Waals surface area contributed by atoms with E-state index in [2.05, 4.69) is 46.8 Å². The molecule has 10 nitrogen and oxygen atoms in total. The minimum absolute atomic E-state index is 0.0487. The SMILES string of the molecule is Cc1ccc(C(I)(OCc2cn(CC(C)C)nn2)C(C)(C)C(=O)O)cc1CN1C[C@@H](C)Oc2ccccc2S1(=O)=O. The maximum Gasteiger partial charge on any atom is 0.313 e. The first-order chi connectivity index (χ1) is 19.1. The molecule has 0 fully saturated rings. The summed E-state index contributed by atoms with van der Waals surface area (Å²) in [5.41, 5.74) is 1.45. The van der Waals surface area contributed by atoms with E-state index in [1.807, 2.05) is 32.0 Å². The monoisotopic (exact) mass is 696 g/mol. The Morgan fingerprint density at radius 1 is 1.24 bits per heavy atom. The second-order valence-corrected chi connectivity index (χ2v) is 14.9. The van der Waals surface area contributed by atoms with Gasteiger partial charge in [-0.25, -0.2) is 8.42 Å². The Hall–Kier alpha value is -2.55. The standard InChI is InChI=1S/C29H37IN4O6S/c1-19(2)14-33-17-24(31-32-33)18-39-29(30,28(5,6)27(35)36)23-12-11-20(3)22(13-23)16-34-15-21(4)40-25-9-7-8-10-26(25)41(34,37)38/h7-13,17,19,21H,14-16,18H2,1-6H3,(H,35,36)/t21-,29?/m1/s1. The number of carbonyl (C=O) groups is 1. The largest absolute Gasteiger partial charge is 0.488 e. The van der Waals surface area contributed by atoms with Gasteiger partial charge in [-0.2, -0.15) is 4.31 Å². The van der Waals surface area contributed by atoms with E-state index in [1.165, 1.54) is 4.31 Å². The Balaban J connectivity index is 1.69. The quantitative estimate of drug-likeness (QED) is 0.229. The molecule has 1 aromatic heterocycles. The van der Waals surface area contributed by atoms with Gasteiger partial charge in [-0.1, -0.05) is 49.4 Å². The van der Waals surface area contributed by atoms with Crippen LogP contribution in [0.4, 0.5) is 0 Å². The van der Waals surface area contributed by atoms with Crippen LogP contribution in [-0.4, -0.2) is 51.4 Å². The summed E-state index contributed by atoms with van der Waals surface area (Å²) in [5, 5.41) is 18.6. The van der Waals surface area contributed by atoms with E-state index in [9.17, 15) is 18.3 Å². The number of alkyl halides is 1. The maximum atomic E-state index is 13.7. The molecule has 0 aliphatic carbocycles. The summed E-state index contributed by atoms with van der Waals surface area (Å²) in [7, 11) is -3.85. The van der Waals surface area contributed by atoms with Gasteiger partial charge in [0.1, 0.15) is 27.9 Å². The minimum Gasteiger partial charge on any atom is -0.488 e. The average molecular weight is 697 g/mol. The summed E-state index contributed by atoms with van der Waals surface area (Å²) in [6, 6.07) is 12.2. The number of hydrogen-bond acceptors (Lipinski definition) is 7. The van der Waals surface area contributed by atoms with Crippen LogP contribution in [0.15, 0.2) is 53.6 Å². The van der Waals surface area contributed by atoms with Crippen LogP contribution < -0.4 is 4.74 Å². The Labute approximate surface area is 255 Å². The molecule has 4 rings (SSSR count). The summed E-state index contributed by atoms with van der Waals surface area (Å²) >= 11 is 2.06. The number of benzene rings is 2. The van der Waals surface area contributed by atoms with Crippen LogP contribution in [0, 0.1) is 18.3 Å². The van der Waals surface area contributed by atoms with E-state index in [0.717, 1.165) is 11.1 Å². The normalized spacial score (nSPS) is 18.8. The Kier molecular flexibility index (Phi) is 9.17. The molecule has 1 unspecified atom stereocenters. The van der Waals surface area contributed by atoms with Crippen molar-refractivity contribution in [2.75, 3.05) is 6.54 Å². The lowest BCUT2D eigenvalue weighted by Gasteiger charge is -2.40. The van der Waals surface area contributed by atoms with E-state index < -0.39 is 25.0 Å². The third-order valence-corrected chi connectivity index (χ3v) is 11.4. The van der Waals surface area contributed by atoms with Crippen molar-refractivity contribution in [1.29, 1.82) is 0 Å². The number of halogens is 1.